The molecule has 0 aliphatic rings. The minimum absolute atomic E-state index is 1.39. The van der Waals surface area contributed by atoms with E-state index in [0.29, 0.717) is 0 Å². The SMILES string of the molecule is Bc1c(B)c(B)c2c(C)cccc2c1B. The van der Waals surface area contributed by atoms with Crippen molar-refractivity contribution < 1.29 is 0 Å². The number of hydrogen-bond acceptors (Lipinski definition) is 0. The minimum Gasteiger partial charge on any atom is -0.101 e. The highest BCUT2D eigenvalue weighted by Crippen LogP contribution is 2.11. The molecule has 0 N–H and O–H groups in total. The largest absolute Gasteiger partial charge is 0.139 e. The molecule has 2 rings (SSSR count). The molecular formula is C11H14B4. The minimum atomic E-state index is 1.39. The standard InChI is InChI=1S/C11H14B4/c1-5-3-2-4-6-7(5)9(13)11(15)10(14)8(6)12/h2-4H,12-15H2,1H3. The topological polar surface area (TPSA) is 0 Å². The predicted molar refractivity (Wildman–Crippen MR) is 81.4 cm³/mol. The average Bonchev–Trinajstić information content (AvgIpc) is 2.23. The lowest BCUT2D eigenvalue weighted by atomic mass is 9.64. The van der Waals surface area contributed by atoms with Crippen LogP contribution in [0.25, 0.3) is 10.8 Å². The van der Waals surface area contributed by atoms with Gasteiger partial charge in [-0.15, -0.1) is 10.9 Å². The van der Waals surface area contributed by atoms with E-state index in [1.54, 1.807) is 0 Å². The van der Waals surface area contributed by atoms with E-state index >= 15 is 0 Å². The second-order valence-electron chi connectivity index (χ2n) is 4.50. The molecule has 15 heavy (non-hydrogen) atoms. The number of hydrogen-bond donors (Lipinski definition) is 0. The Morgan fingerprint density at radius 2 is 1.40 bits per heavy atom. The molecular weight excluding hydrogens is 175 g/mol. The molecule has 0 aromatic heterocycles. The van der Waals surface area contributed by atoms with Crippen LogP contribution in [0.5, 0.6) is 0 Å². The Kier molecular flexibility index (Phi) is 2.46. The number of benzene rings is 2. The second-order valence-corrected chi connectivity index (χ2v) is 4.50. The quantitative estimate of drug-likeness (QED) is 0.373. The molecule has 0 aliphatic heterocycles. The summed E-state index contributed by atoms with van der Waals surface area (Å²) in [5.41, 5.74) is 7.12. The molecule has 2 aromatic rings. The first-order valence-electron chi connectivity index (χ1n) is 5.49. The molecule has 4 heteroatoms. The first kappa shape index (κ1) is 10.5. The van der Waals surface area contributed by atoms with E-state index in [2.05, 4.69) is 56.5 Å². The molecule has 70 valence electrons. The number of fused-ring (bicyclic) bond motifs is 1. The van der Waals surface area contributed by atoms with Crippen molar-refractivity contribution in [1.29, 1.82) is 0 Å². The van der Waals surface area contributed by atoms with E-state index in [1.165, 1.54) is 38.2 Å². The van der Waals surface area contributed by atoms with Crippen LogP contribution in [0.3, 0.4) is 0 Å². The molecule has 0 saturated carbocycles. The first-order valence-corrected chi connectivity index (χ1v) is 5.49. The van der Waals surface area contributed by atoms with Gasteiger partial charge in [0.1, 0.15) is 31.4 Å². The Bertz CT molecular complexity index is 546. The van der Waals surface area contributed by atoms with Gasteiger partial charge in [0.2, 0.25) is 0 Å². The molecule has 0 atom stereocenters. The third kappa shape index (κ3) is 1.43. The highest BCUT2D eigenvalue weighted by atomic mass is 14.1. The molecule has 0 amide bonds. The fraction of sp³-hybridized carbons (Fsp3) is 0.0909. The van der Waals surface area contributed by atoms with Gasteiger partial charge in [0, 0.05) is 0 Å². The third-order valence-electron chi connectivity index (χ3n) is 3.74. The molecule has 0 nitrogen and oxygen atoms in total. The maximum atomic E-state index is 2.23. The summed E-state index contributed by atoms with van der Waals surface area (Å²) in [6, 6.07) is 6.58. The van der Waals surface area contributed by atoms with Crippen LogP contribution in [0.1, 0.15) is 5.56 Å². The molecule has 0 bridgehead atoms. The third-order valence-corrected chi connectivity index (χ3v) is 3.74. The fourth-order valence-electron chi connectivity index (χ4n) is 2.43. The van der Waals surface area contributed by atoms with Gasteiger partial charge < -0.3 is 0 Å². The van der Waals surface area contributed by atoms with Gasteiger partial charge in [0.05, 0.1) is 0 Å². The summed E-state index contributed by atoms with van der Waals surface area (Å²) < 4.78 is 0. The van der Waals surface area contributed by atoms with Gasteiger partial charge in [0.15, 0.2) is 0 Å². The Balaban J connectivity index is 3.08. The first-order chi connectivity index (χ1) is 7.04. The Morgan fingerprint density at radius 1 is 0.800 bits per heavy atom. The second kappa shape index (κ2) is 3.52. The summed E-state index contributed by atoms with van der Waals surface area (Å²) in [4.78, 5) is 0. The van der Waals surface area contributed by atoms with Gasteiger partial charge in [-0.1, -0.05) is 29.1 Å². The van der Waals surface area contributed by atoms with Crippen LogP contribution in [0.4, 0.5) is 0 Å². The van der Waals surface area contributed by atoms with Crippen LogP contribution in [0, 0.1) is 6.92 Å². The molecule has 0 radical (unpaired) electrons. The summed E-state index contributed by atoms with van der Waals surface area (Å²) in [5, 5.41) is 2.86. The summed E-state index contributed by atoms with van der Waals surface area (Å²) >= 11 is 0. The molecule has 0 spiro atoms. The van der Waals surface area contributed by atoms with Crippen molar-refractivity contribution in [2.75, 3.05) is 0 Å². The lowest BCUT2D eigenvalue weighted by molar-refractivity contribution is 1.55. The van der Waals surface area contributed by atoms with Crippen LogP contribution in [0.15, 0.2) is 18.2 Å². The Morgan fingerprint density at radius 3 is 2.07 bits per heavy atom. The van der Waals surface area contributed by atoms with Gasteiger partial charge in [-0.3, -0.25) is 0 Å². The van der Waals surface area contributed by atoms with E-state index in [1.807, 2.05) is 0 Å². The van der Waals surface area contributed by atoms with E-state index in [-0.39, 0.29) is 0 Å². The van der Waals surface area contributed by atoms with E-state index in [0.717, 1.165) is 0 Å². The summed E-state index contributed by atoms with van der Waals surface area (Å²) in [6.07, 6.45) is 0. The van der Waals surface area contributed by atoms with Crippen molar-refractivity contribution in [2.45, 2.75) is 6.92 Å². The van der Waals surface area contributed by atoms with Gasteiger partial charge >= 0.3 is 0 Å². The monoisotopic (exact) mass is 190 g/mol. The van der Waals surface area contributed by atoms with Gasteiger partial charge in [-0.2, -0.15) is 0 Å². The predicted octanol–water partition coefficient (Wildman–Crippen LogP) is -3.82. The van der Waals surface area contributed by atoms with Gasteiger partial charge in [0.25, 0.3) is 0 Å². The zero-order valence-electron chi connectivity index (χ0n) is 10.2. The summed E-state index contributed by atoms with van der Waals surface area (Å²) in [6.45, 7) is 2.20. The fourth-order valence-corrected chi connectivity index (χ4v) is 2.43. The van der Waals surface area contributed by atoms with E-state index in [4.69, 9.17) is 0 Å². The normalized spacial score (nSPS) is 10.7. The van der Waals surface area contributed by atoms with Crippen LogP contribution in [0.2, 0.25) is 0 Å². The van der Waals surface area contributed by atoms with Crippen LogP contribution >= 0.6 is 0 Å². The summed E-state index contributed by atoms with van der Waals surface area (Å²) in [7, 11) is 8.91. The van der Waals surface area contributed by atoms with Crippen molar-refractivity contribution in [1.82, 2.24) is 0 Å². The highest BCUT2D eigenvalue weighted by Gasteiger charge is 2.08. The lowest BCUT2D eigenvalue weighted by Crippen LogP contribution is -2.47. The maximum absolute atomic E-state index is 2.23. The summed E-state index contributed by atoms with van der Waals surface area (Å²) in [5.74, 6) is 0. The molecule has 0 unspecified atom stereocenters. The Hall–Kier alpha value is -1.04. The van der Waals surface area contributed by atoms with Crippen LogP contribution in [-0.4, -0.2) is 31.4 Å². The van der Waals surface area contributed by atoms with E-state index < -0.39 is 0 Å². The average molecular weight is 189 g/mol. The zero-order valence-corrected chi connectivity index (χ0v) is 10.2. The van der Waals surface area contributed by atoms with Gasteiger partial charge in [-0.25, -0.2) is 0 Å². The van der Waals surface area contributed by atoms with Gasteiger partial charge in [-0.05, 0) is 23.3 Å². The van der Waals surface area contributed by atoms with Crippen molar-refractivity contribution >= 4 is 64.0 Å². The van der Waals surface area contributed by atoms with Crippen molar-refractivity contribution in [2.24, 2.45) is 0 Å². The zero-order chi connectivity index (χ0) is 11.2. The molecule has 0 aliphatic carbocycles. The molecule has 0 saturated heterocycles. The lowest BCUT2D eigenvalue weighted by Gasteiger charge is -2.16. The van der Waals surface area contributed by atoms with Crippen LogP contribution < -0.4 is 21.9 Å². The molecule has 0 fully saturated rings. The number of aryl methyl sites for hydroxylation is 1. The smallest absolute Gasteiger partial charge is 0.101 e. The van der Waals surface area contributed by atoms with Crippen molar-refractivity contribution in [3.8, 4) is 0 Å². The molecule has 0 heterocycles. The Labute approximate surface area is 95.1 Å². The number of rotatable bonds is 0. The molecule has 2 aromatic carbocycles. The van der Waals surface area contributed by atoms with Crippen molar-refractivity contribution in [3.05, 3.63) is 23.8 Å². The highest BCUT2D eigenvalue weighted by molar-refractivity contribution is 6.66. The van der Waals surface area contributed by atoms with Crippen LogP contribution in [-0.2, 0) is 0 Å². The van der Waals surface area contributed by atoms with E-state index in [9.17, 15) is 0 Å². The maximum Gasteiger partial charge on any atom is 0.139 e. The van der Waals surface area contributed by atoms with Crippen molar-refractivity contribution in [3.63, 3.8) is 0 Å².